The molecule has 0 saturated carbocycles. The van der Waals surface area contributed by atoms with Gasteiger partial charge < -0.3 is 4.84 Å². The summed E-state index contributed by atoms with van der Waals surface area (Å²) in [5.74, 6) is -0.285. The first-order chi connectivity index (χ1) is 12.7. The van der Waals surface area contributed by atoms with E-state index in [1.165, 1.54) is 6.92 Å². The van der Waals surface area contributed by atoms with Crippen molar-refractivity contribution in [3.8, 4) is 0 Å². The highest BCUT2D eigenvalue weighted by Gasteiger charge is 2.53. The number of benzene rings is 1. The number of carbonyl (C=O) groups is 1. The van der Waals surface area contributed by atoms with Gasteiger partial charge in [0, 0.05) is 24.8 Å². The minimum Gasteiger partial charge on any atom is -0.319 e. The Bertz CT molecular complexity index is 675. The van der Waals surface area contributed by atoms with Gasteiger partial charge in [-0.15, -0.1) is 0 Å². The van der Waals surface area contributed by atoms with Crippen molar-refractivity contribution in [2.75, 3.05) is 0 Å². The molecule has 5 nitrogen and oxygen atoms in total. The summed E-state index contributed by atoms with van der Waals surface area (Å²) in [6.45, 7) is 14.4. The lowest BCUT2D eigenvalue weighted by Gasteiger charge is -2.57. The zero-order valence-electron chi connectivity index (χ0n) is 17.8. The molecule has 0 spiro atoms. The van der Waals surface area contributed by atoms with E-state index >= 15 is 0 Å². The minimum absolute atomic E-state index is 0.0536. The van der Waals surface area contributed by atoms with Crippen molar-refractivity contribution in [3.63, 3.8) is 0 Å². The maximum absolute atomic E-state index is 11.3. The number of rotatable bonds is 6. The molecule has 1 aromatic carbocycles. The Balaban J connectivity index is 2.39. The van der Waals surface area contributed by atoms with E-state index in [9.17, 15) is 4.79 Å². The van der Waals surface area contributed by atoms with Crippen LogP contribution in [-0.2, 0) is 14.5 Å². The van der Waals surface area contributed by atoms with Crippen LogP contribution in [-0.4, -0.2) is 27.8 Å². The zero-order valence-corrected chi connectivity index (χ0v) is 17.8. The first-order valence-electron chi connectivity index (χ1n) is 9.94. The van der Waals surface area contributed by atoms with E-state index in [2.05, 4.69) is 63.9 Å². The van der Waals surface area contributed by atoms with Crippen LogP contribution in [0.2, 0.25) is 0 Å². The van der Waals surface area contributed by atoms with E-state index in [-0.39, 0.29) is 29.1 Å². The van der Waals surface area contributed by atoms with Crippen LogP contribution in [0, 0.1) is 5.92 Å². The number of hydrogen-bond acceptors (Lipinski definition) is 5. The standard InChI is InChI=1S/C22H34N2O3/c1-8-21(6)15-20(23-26-18(5)25)16(3)22(7,9-2)24(21)27-17(4)19-13-11-10-12-14-19/h10-14,16-17H,8-9,15H2,1-7H3. The maximum atomic E-state index is 11.3. The predicted molar refractivity (Wildman–Crippen MR) is 108 cm³/mol. The van der Waals surface area contributed by atoms with Gasteiger partial charge in [0.15, 0.2) is 0 Å². The number of hydrogen-bond donors (Lipinski definition) is 0. The molecule has 1 heterocycles. The largest absolute Gasteiger partial charge is 0.331 e. The van der Waals surface area contributed by atoms with Crippen molar-refractivity contribution in [2.45, 2.75) is 84.9 Å². The number of piperidine rings is 1. The Hall–Kier alpha value is -1.72. The summed E-state index contributed by atoms with van der Waals surface area (Å²) in [7, 11) is 0. The summed E-state index contributed by atoms with van der Waals surface area (Å²) in [4.78, 5) is 22.9. The van der Waals surface area contributed by atoms with Crippen molar-refractivity contribution < 1.29 is 14.5 Å². The van der Waals surface area contributed by atoms with Gasteiger partial charge in [-0.2, -0.15) is 5.06 Å². The monoisotopic (exact) mass is 374 g/mol. The fourth-order valence-electron chi connectivity index (χ4n) is 3.91. The molecule has 0 radical (unpaired) electrons. The average molecular weight is 375 g/mol. The molecule has 0 aliphatic carbocycles. The summed E-state index contributed by atoms with van der Waals surface area (Å²) in [5.41, 5.74) is 1.58. The Morgan fingerprint density at radius 3 is 2.41 bits per heavy atom. The highest BCUT2D eigenvalue weighted by Crippen LogP contribution is 2.46. The van der Waals surface area contributed by atoms with E-state index < -0.39 is 0 Å². The fourth-order valence-corrected chi connectivity index (χ4v) is 3.91. The van der Waals surface area contributed by atoms with Crippen molar-refractivity contribution in [2.24, 2.45) is 11.1 Å². The third-order valence-electron chi connectivity index (χ3n) is 6.25. The molecule has 0 N–H and O–H groups in total. The molecule has 1 aromatic rings. The molecule has 27 heavy (non-hydrogen) atoms. The zero-order chi connectivity index (χ0) is 20.2. The smallest absolute Gasteiger partial charge is 0.319 e. The third-order valence-corrected chi connectivity index (χ3v) is 6.25. The first kappa shape index (κ1) is 21.6. The van der Waals surface area contributed by atoms with Gasteiger partial charge in [0.1, 0.15) is 6.10 Å². The molecule has 4 atom stereocenters. The lowest BCUT2D eigenvalue weighted by atomic mass is 9.70. The molecule has 0 bridgehead atoms. The fraction of sp³-hybridized carbons (Fsp3) is 0.636. The van der Waals surface area contributed by atoms with Gasteiger partial charge in [0.2, 0.25) is 0 Å². The van der Waals surface area contributed by atoms with Gasteiger partial charge in [-0.1, -0.05) is 56.3 Å². The Kier molecular flexibility index (Phi) is 6.82. The molecule has 1 aliphatic heterocycles. The highest BCUT2D eigenvalue weighted by molar-refractivity contribution is 5.89. The van der Waals surface area contributed by atoms with Crippen molar-refractivity contribution in [1.82, 2.24) is 5.06 Å². The lowest BCUT2D eigenvalue weighted by Crippen LogP contribution is -2.66. The normalized spacial score (nSPS) is 31.7. The molecule has 1 saturated heterocycles. The average Bonchev–Trinajstić information content (AvgIpc) is 2.67. The lowest BCUT2D eigenvalue weighted by molar-refractivity contribution is -0.310. The molecular weight excluding hydrogens is 340 g/mol. The number of oxime groups is 1. The van der Waals surface area contributed by atoms with Gasteiger partial charge >= 0.3 is 5.97 Å². The molecule has 4 unspecified atom stereocenters. The molecule has 150 valence electrons. The second-order valence-electron chi connectivity index (χ2n) is 8.08. The molecule has 5 heteroatoms. The van der Waals surface area contributed by atoms with Crippen LogP contribution in [0.4, 0.5) is 0 Å². The van der Waals surface area contributed by atoms with Crippen LogP contribution in [0.5, 0.6) is 0 Å². The van der Waals surface area contributed by atoms with Gasteiger partial charge in [0.25, 0.3) is 0 Å². The molecular formula is C22H34N2O3. The van der Waals surface area contributed by atoms with Gasteiger partial charge in [-0.3, -0.25) is 4.84 Å². The van der Waals surface area contributed by atoms with Crippen LogP contribution < -0.4 is 0 Å². The quantitative estimate of drug-likeness (QED) is 0.502. The van der Waals surface area contributed by atoms with Crippen molar-refractivity contribution >= 4 is 11.7 Å². The number of nitrogens with zero attached hydrogens (tertiary/aromatic N) is 2. The van der Waals surface area contributed by atoms with Crippen LogP contribution in [0.1, 0.15) is 79.4 Å². The number of hydroxylamine groups is 2. The van der Waals surface area contributed by atoms with Crippen LogP contribution in [0.15, 0.2) is 35.5 Å². The van der Waals surface area contributed by atoms with Crippen LogP contribution >= 0.6 is 0 Å². The van der Waals surface area contributed by atoms with E-state index in [0.717, 1.165) is 24.1 Å². The molecule has 1 aliphatic rings. The minimum atomic E-state index is -0.387. The Morgan fingerprint density at radius 2 is 1.89 bits per heavy atom. The van der Waals surface area contributed by atoms with E-state index in [4.69, 9.17) is 9.68 Å². The predicted octanol–water partition coefficient (Wildman–Crippen LogP) is 5.28. The van der Waals surface area contributed by atoms with Crippen molar-refractivity contribution in [1.29, 1.82) is 0 Å². The number of carbonyl (C=O) groups excluding carboxylic acids is 1. The van der Waals surface area contributed by atoms with Gasteiger partial charge in [-0.25, -0.2) is 4.79 Å². The summed E-state index contributed by atoms with van der Waals surface area (Å²) < 4.78 is 0. The summed E-state index contributed by atoms with van der Waals surface area (Å²) in [6, 6.07) is 10.3. The molecule has 0 aromatic heterocycles. The Morgan fingerprint density at radius 1 is 1.26 bits per heavy atom. The summed E-state index contributed by atoms with van der Waals surface area (Å²) in [6.07, 6.45) is 2.44. The topological polar surface area (TPSA) is 51.1 Å². The van der Waals surface area contributed by atoms with Crippen molar-refractivity contribution in [3.05, 3.63) is 35.9 Å². The van der Waals surface area contributed by atoms with Gasteiger partial charge in [-0.05, 0) is 39.2 Å². The van der Waals surface area contributed by atoms with Gasteiger partial charge in [0.05, 0.1) is 11.3 Å². The summed E-state index contributed by atoms with van der Waals surface area (Å²) in [5, 5.41) is 6.41. The second-order valence-corrected chi connectivity index (χ2v) is 8.08. The SMILES string of the molecule is CCC1(C)CC(=NOC(C)=O)C(C)C(C)(CC)N1OC(C)c1ccccc1. The van der Waals surface area contributed by atoms with E-state index in [1.54, 1.807) is 0 Å². The highest BCUT2D eigenvalue weighted by atomic mass is 16.7. The van der Waals surface area contributed by atoms with Crippen LogP contribution in [0.3, 0.4) is 0 Å². The van der Waals surface area contributed by atoms with E-state index in [1.807, 2.05) is 18.2 Å². The third kappa shape index (κ3) is 4.41. The Labute approximate surface area is 163 Å². The van der Waals surface area contributed by atoms with Crippen LogP contribution in [0.25, 0.3) is 0 Å². The summed E-state index contributed by atoms with van der Waals surface area (Å²) >= 11 is 0. The van der Waals surface area contributed by atoms with E-state index in [0.29, 0.717) is 6.42 Å². The molecule has 2 rings (SSSR count). The molecule has 0 amide bonds. The molecule has 1 fully saturated rings. The maximum Gasteiger partial charge on any atom is 0.331 e. The first-order valence-corrected chi connectivity index (χ1v) is 9.94. The second kappa shape index (κ2) is 8.53.